The molecule has 0 bridgehead atoms. The maximum atomic E-state index is 12.6. The Bertz CT molecular complexity index is 993. The first-order valence-corrected chi connectivity index (χ1v) is 8.68. The monoisotopic (exact) mass is 369 g/mol. The van der Waals surface area contributed by atoms with E-state index in [0.29, 0.717) is 4.90 Å². The maximum absolute atomic E-state index is 12.6. The fraction of sp³-hybridized carbons (Fsp3) is 0.143. The molecule has 25 heavy (non-hydrogen) atoms. The summed E-state index contributed by atoms with van der Waals surface area (Å²) in [7, 11) is -2.75. The van der Waals surface area contributed by atoms with E-state index in [4.69, 9.17) is 0 Å². The van der Waals surface area contributed by atoms with Crippen LogP contribution in [-0.2, 0) is 15.9 Å². The lowest BCUT2D eigenvalue weighted by atomic mass is 10.3. The zero-order valence-electron chi connectivity index (χ0n) is 12.6. The molecule has 0 amide bonds. The summed E-state index contributed by atoms with van der Waals surface area (Å²) >= 11 is 0. The largest absolute Gasteiger partial charge is 0.471 e. The molecule has 3 aromatic rings. The highest BCUT2D eigenvalue weighted by Gasteiger charge is 2.38. The summed E-state index contributed by atoms with van der Waals surface area (Å²) in [5, 5.41) is 3.23. The van der Waals surface area contributed by atoms with Crippen LogP contribution in [0, 0.1) is 0 Å². The number of halogens is 3. The summed E-state index contributed by atoms with van der Waals surface area (Å²) in [6, 6.07) is 8.57. The molecule has 1 atom stereocenters. The molecule has 3 rings (SSSR count). The van der Waals surface area contributed by atoms with E-state index in [1.807, 2.05) is 0 Å². The van der Waals surface area contributed by atoms with Gasteiger partial charge in [-0.05, 0) is 12.1 Å². The van der Waals surface area contributed by atoms with Crippen LogP contribution in [0.25, 0.3) is 11.4 Å². The predicted octanol–water partition coefficient (Wildman–Crippen LogP) is 3.33. The molecule has 0 aliphatic rings. The molecule has 2 aromatic heterocycles. The van der Waals surface area contributed by atoms with E-state index in [1.165, 1.54) is 18.6 Å². The topological polar surface area (TPSA) is 94.1 Å². The van der Waals surface area contributed by atoms with Gasteiger partial charge in [0.2, 0.25) is 5.82 Å². The molecule has 1 aromatic carbocycles. The zero-order chi connectivity index (χ0) is 18.1. The first kappa shape index (κ1) is 17.0. The van der Waals surface area contributed by atoms with E-state index < -0.39 is 21.8 Å². The van der Waals surface area contributed by atoms with Gasteiger partial charge >= 0.3 is 12.1 Å². The standard InChI is InChI=1S/C14H10F3N5O2S/c1-25(23,10-5-3-2-4-6-10)22-13-18-7-9(8-19-13)11-20-12(24-21-11)14(15,16)17/h2-8H,1H3. The summed E-state index contributed by atoms with van der Waals surface area (Å²) in [6.07, 6.45) is -0.937. The quantitative estimate of drug-likeness (QED) is 0.703. The summed E-state index contributed by atoms with van der Waals surface area (Å²) < 4.78 is 58.1. The van der Waals surface area contributed by atoms with Crippen LogP contribution < -0.4 is 0 Å². The van der Waals surface area contributed by atoms with Crippen LogP contribution in [0.3, 0.4) is 0 Å². The van der Waals surface area contributed by atoms with E-state index >= 15 is 0 Å². The van der Waals surface area contributed by atoms with Gasteiger partial charge in [-0.25, -0.2) is 14.2 Å². The minimum Gasteiger partial charge on any atom is -0.329 e. The van der Waals surface area contributed by atoms with Gasteiger partial charge in [0.25, 0.3) is 5.95 Å². The van der Waals surface area contributed by atoms with Gasteiger partial charge in [0, 0.05) is 23.5 Å². The normalized spacial score (nSPS) is 14.1. The highest BCUT2D eigenvalue weighted by molar-refractivity contribution is 7.93. The van der Waals surface area contributed by atoms with E-state index in [2.05, 4.69) is 29.0 Å². The Morgan fingerprint density at radius 1 is 1.12 bits per heavy atom. The van der Waals surface area contributed by atoms with Gasteiger partial charge in [0.05, 0.1) is 15.3 Å². The second kappa shape index (κ2) is 6.24. The molecule has 0 saturated carbocycles. The summed E-state index contributed by atoms with van der Waals surface area (Å²) in [6.45, 7) is 0. The fourth-order valence-electron chi connectivity index (χ4n) is 1.82. The van der Waals surface area contributed by atoms with Crippen molar-refractivity contribution in [2.24, 2.45) is 4.36 Å². The van der Waals surface area contributed by atoms with Gasteiger partial charge in [0.15, 0.2) is 0 Å². The fourth-order valence-corrected chi connectivity index (χ4v) is 2.99. The van der Waals surface area contributed by atoms with Crippen molar-refractivity contribution in [1.29, 1.82) is 0 Å². The van der Waals surface area contributed by atoms with Crippen LogP contribution in [0.1, 0.15) is 5.89 Å². The lowest BCUT2D eigenvalue weighted by Gasteiger charge is -2.03. The molecular weight excluding hydrogens is 359 g/mol. The minimum atomic E-state index is -4.73. The average molecular weight is 369 g/mol. The molecule has 7 nitrogen and oxygen atoms in total. The Morgan fingerprint density at radius 2 is 1.76 bits per heavy atom. The van der Waals surface area contributed by atoms with E-state index in [0.717, 1.165) is 0 Å². The van der Waals surface area contributed by atoms with E-state index in [9.17, 15) is 17.4 Å². The summed E-state index contributed by atoms with van der Waals surface area (Å²) in [5.41, 5.74) is 0.112. The van der Waals surface area contributed by atoms with Crippen LogP contribution in [0.4, 0.5) is 19.1 Å². The Hall–Kier alpha value is -2.82. The van der Waals surface area contributed by atoms with Crippen LogP contribution in [-0.4, -0.2) is 30.6 Å². The maximum Gasteiger partial charge on any atom is 0.471 e. The Labute approximate surface area is 140 Å². The summed E-state index contributed by atoms with van der Waals surface area (Å²) in [5.74, 6) is -1.84. The van der Waals surface area contributed by atoms with Crippen molar-refractivity contribution in [3.05, 3.63) is 48.6 Å². The third kappa shape index (κ3) is 3.82. The van der Waals surface area contributed by atoms with Crippen LogP contribution >= 0.6 is 0 Å². The second-order valence-electron chi connectivity index (χ2n) is 4.90. The van der Waals surface area contributed by atoms with E-state index in [1.54, 1.807) is 30.3 Å². The molecule has 0 aliphatic heterocycles. The van der Waals surface area contributed by atoms with Gasteiger partial charge < -0.3 is 4.52 Å². The molecule has 11 heteroatoms. The van der Waals surface area contributed by atoms with Crippen molar-refractivity contribution in [1.82, 2.24) is 20.1 Å². The number of benzene rings is 1. The second-order valence-corrected chi connectivity index (χ2v) is 7.16. The first-order chi connectivity index (χ1) is 11.8. The smallest absolute Gasteiger partial charge is 0.329 e. The molecular formula is C14H10F3N5O2S. The number of alkyl halides is 3. The van der Waals surface area contributed by atoms with E-state index in [-0.39, 0.29) is 17.3 Å². The number of nitrogens with zero attached hydrogens (tertiary/aromatic N) is 5. The molecule has 1 unspecified atom stereocenters. The Morgan fingerprint density at radius 3 is 2.32 bits per heavy atom. The highest BCUT2D eigenvalue weighted by Crippen LogP contribution is 2.29. The number of rotatable bonds is 3. The molecule has 0 spiro atoms. The SMILES string of the molecule is CS(=O)(=Nc1ncc(-c2noc(C(F)(F)F)n2)cn1)c1ccccc1. The Kier molecular flexibility index (Phi) is 4.25. The minimum absolute atomic E-state index is 0.0698. The van der Waals surface area contributed by atoms with Crippen molar-refractivity contribution in [2.45, 2.75) is 11.1 Å². The van der Waals surface area contributed by atoms with Gasteiger partial charge in [0.1, 0.15) is 0 Å². The van der Waals surface area contributed by atoms with Crippen LogP contribution in [0.2, 0.25) is 0 Å². The van der Waals surface area contributed by atoms with Crippen molar-refractivity contribution < 1.29 is 21.9 Å². The van der Waals surface area contributed by atoms with Crippen molar-refractivity contribution in [3.8, 4) is 11.4 Å². The lowest BCUT2D eigenvalue weighted by molar-refractivity contribution is -0.159. The third-order valence-corrected chi connectivity index (χ3v) is 4.66. The average Bonchev–Trinajstić information content (AvgIpc) is 3.06. The van der Waals surface area contributed by atoms with Crippen molar-refractivity contribution in [3.63, 3.8) is 0 Å². The number of hydrogen-bond acceptors (Lipinski definition) is 7. The molecule has 0 N–H and O–H groups in total. The predicted molar refractivity (Wildman–Crippen MR) is 81.2 cm³/mol. The first-order valence-electron chi connectivity index (χ1n) is 6.76. The van der Waals surface area contributed by atoms with Crippen LogP contribution in [0.5, 0.6) is 0 Å². The number of hydrogen-bond donors (Lipinski definition) is 0. The third-order valence-electron chi connectivity index (χ3n) is 3.00. The number of aromatic nitrogens is 4. The van der Waals surface area contributed by atoms with Crippen molar-refractivity contribution >= 4 is 15.7 Å². The van der Waals surface area contributed by atoms with Gasteiger partial charge in [-0.15, -0.1) is 0 Å². The van der Waals surface area contributed by atoms with Crippen LogP contribution in [0.15, 0.2) is 56.5 Å². The van der Waals surface area contributed by atoms with Gasteiger partial charge in [-0.1, -0.05) is 23.4 Å². The molecule has 0 aliphatic carbocycles. The van der Waals surface area contributed by atoms with Crippen molar-refractivity contribution in [2.75, 3.05) is 6.26 Å². The molecule has 0 fully saturated rings. The molecule has 2 heterocycles. The molecule has 130 valence electrons. The summed E-state index contributed by atoms with van der Waals surface area (Å²) in [4.78, 5) is 11.5. The Balaban J connectivity index is 1.89. The van der Waals surface area contributed by atoms with Gasteiger partial charge in [-0.3, -0.25) is 0 Å². The molecule has 0 radical (unpaired) electrons. The lowest BCUT2D eigenvalue weighted by Crippen LogP contribution is -2.04. The molecule has 0 saturated heterocycles. The van der Waals surface area contributed by atoms with Gasteiger partial charge in [-0.2, -0.15) is 22.5 Å². The highest BCUT2D eigenvalue weighted by atomic mass is 32.2. The zero-order valence-corrected chi connectivity index (χ0v) is 13.5.